The zero-order valence-corrected chi connectivity index (χ0v) is 22.4. The van der Waals surface area contributed by atoms with Gasteiger partial charge >= 0.3 is 0 Å². The van der Waals surface area contributed by atoms with Gasteiger partial charge in [0.2, 0.25) is 0 Å². The van der Waals surface area contributed by atoms with Gasteiger partial charge in [0.1, 0.15) is 0 Å². The number of hydrogen-bond donors (Lipinski definition) is 0. The van der Waals surface area contributed by atoms with E-state index in [9.17, 15) is 0 Å². The van der Waals surface area contributed by atoms with Crippen LogP contribution in [0.2, 0.25) is 0 Å². The van der Waals surface area contributed by atoms with E-state index >= 15 is 0 Å². The summed E-state index contributed by atoms with van der Waals surface area (Å²) in [6.07, 6.45) is 4.99. The van der Waals surface area contributed by atoms with Gasteiger partial charge in [0.15, 0.2) is 0 Å². The first-order chi connectivity index (χ1) is 17.4. The van der Waals surface area contributed by atoms with Gasteiger partial charge in [-0.05, 0) is 49.1 Å². The molecule has 0 N–H and O–H groups in total. The lowest BCUT2D eigenvalue weighted by Gasteiger charge is -2.42. The third-order valence-corrected chi connectivity index (χ3v) is 13.4. The van der Waals surface area contributed by atoms with Crippen molar-refractivity contribution in [2.24, 2.45) is 0 Å². The third kappa shape index (κ3) is 5.59. The van der Waals surface area contributed by atoms with Crippen LogP contribution in [0.5, 0.6) is 0 Å². The van der Waals surface area contributed by atoms with Crippen LogP contribution in [-0.4, -0.2) is 11.0 Å². The molecule has 4 aromatic rings. The topological polar surface area (TPSA) is 3.24 Å². The van der Waals surface area contributed by atoms with Gasteiger partial charge in [-0.1, -0.05) is 135 Å². The molecule has 35 heavy (non-hydrogen) atoms. The predicted molar refractivity (Wildman–Crippen MR) is 155 cm³/mol. The molecule has 1 saturated heterocycles. The van der Waals surface area contributed by atoms with E-state index in [2.05, 4.69) is 133 Å². The maximum Gasteiger partial charge on any atom is 0.0318 e. The molecule has 0 unspecified atom stereocenters. The average molecular weight is 496 g/mol. The summed E-state index contributed by atoms with van der Waals surface area (Å²) in [5.41, 5.74) is 4.25. The molecule has 0 aliphatic carbocycles. The monoisotopic (exact) mass is 495 g/mol. The van der Waals surface area contributed by atoms with E-state index < -0.39 is 16.1 Å². The molecule has 5 rings (SSSR count). The van der Waals surface area contributed by atoms with Crippen molar-refractivity contribution in [3.05, 3.63) is 132 Å². The summed E-state index contributed by atoms with van der Waals surface area (Å²) in [7, 11) is -1.03. The lowest BCUT2D eigenvalue weighted by molar-refractivity contribution is 0.632. The van der Waals surface area contributed by atoms with Crippen LogP contribution in [0, 0.1) is 0 Å². The van der Waals surface area contributed by atoms with Gasteiger partial charge in [0.05, 0.1) is 0 Å². The van der Waals surface area contributed by atoms with Crippen LogP contribution in [0.1, 0.15) is 55.1 Å². The molecular weight excluding hydrogens is 460 g/mol. The molecule has 3 heteroatoms. The van der Waals surface area contributed by atoms with Crippen molar-refractivity contribution >= 4 is 26.8 Å². The summed E-state index contributed by atoms with van der Waals surface area (Å²) in [5, 5.41) is 2.94. The summed E-state index contributed by atoms with van der Waals surface area (Å²) < 4.78 is 3.00. The summed E-state index contributed by atoms with van der Waals surface area (Å²) in [4.78, 5) is 0. The van der Waals surface area contributed by atoms with Crippen LogP contribution in [0.25, 0.3) is 0 Å². The van der Waals surface area contributed by atoms with E-state index in [-0.39, 0.29) is 0 Å². The maximum absolute atomic E-state index is 3.00. The Bertz CT molecular complexity index is 1060. The van der Waals surface area contributed by atoms with E-state index in [0.29, 0.717) is 11.3 Å². The smallest absolute Gasteiger partial charge is 0.0318 e. The van der Waals surface area contributed by atoms with E-state index in [0.717, 1.165) is 6.54 Å². The number of hydrogen-bond acceptors (Lipinski definition) is 1. The largest absolute Gasteiger partial charge is 0.251 e. The molecule has 0 radical (unpaired) electrons. The third-order valence-electron chi connectivity index (χ3n) is 6.93. The van der Waals surface area contributed by atoms with Crippen molar-refractivity contribution in [3.8, 4) is 0 Å². The first-order valence-electron chi connectivity index (χ1n) is 12.9. The Balaban J connectivity index is 1.65. The first kappa shape index (κ1) is 24.4. The summed E-state index contributed by atoms with van der Waals surface area (Å²) in [6, 6.07) is 45.3. The molecule has 1 fully saturated rings. The second kappa shape index (κ2) is 12.1. The molecule has 178 valence electrons. The summed E-state index contributed by atoms with van der Waals surface area (Å²) in [5.74, 6) is 0. The van der Waals surface area contributed by atoms with Crippen molar-refractivity contribution < 1.29 is 0 Å². The van der Waals surface area contributed by atoms with Crippen LogP contribution in [0.3, 0.4) is 0 Å². The van der Waals surface area contributed by atoms with Gasteiger partial charge < -0.3 is 0 Å². The van der Waals surface area contributed by atoms with E-state index in [4.69, 9.17) is 0 Å². The minimum atomic E-state index is -0.609. The Kier molecular flexibility index (Phi) is 8.43. The van der Waals surface area contributed by atoms with Crippen LogP contribution in [0.15, 0.2) is 121 Å². The second-order valence-electron chi connectivity index (χ2n) is 9.24. The lowest BCUT2D eigenvalue weighted by atomic mass is 10.0. The maximum atomic E-state index is 3.00. The SMILES string of the molecule is CCCCN(P(c1ccccc1)c1ccccc1)P1[C@H](c2ccccc2)CC[C@H]1c1ccccc1. The highest BCUT2D eigenvalue weighted by Crippen LogP contribution is 2.76. The van der Waals surface area contributed by atoms with Crippen molar-refractivity contribution in [1.82, 2.24) is 4.44 Å². The zero-order valence-electron chi connectivity index (χ0n) is 20.6. The van der Waals surface area contributed by atoms with Crippen LogP contribution in [-0.2, 0) is 0 Å². The Hall–Kier alpha value is -2.30. The summed E-state index contributed by atoms with van der Waals surface area (Å²) in [6.45, 7) is 3.49. The number of unbranched alkanes of at least 4 members (excludes halogenated alkanes) is 1. The van der Waals surface area contributed by atoms with Gasteiger partial charge in [0, 0.05) is 25.9 Å². The lowest BCUT2D eigenvalue weighted by Crippen LogP contribution is -2.27. The average Bonchev–Trinajstić information content (AvgIpc) is 3.38. The predicted octanol–water partition coefficient (Wildman–Crippen LogP) is 8.81. The highest BCUT2D eigenvalue weighted by Gasteiger charge is 2.43. The van der Waals surface area contributed by atoms with E-state index in [1.807, 2.05) is 0 Å². The highest BCUT2D eigenvalue weighted by molar-refractivity contribution is 7.79. The molecular formula is C32H35NP2. The minimum Gasteiger partial charge on any atom is -0.251 e. The number of rotatable bonds is 9. The second-order valence-corrected chi connectivity index (χ2v) is 14.2. The van der Waals surface area contributed by atoms with Crippen molar-refractivity contribution in [1.29, 1.82) is 0 Å². The quantitative estimate of drug-likeness (QED) is 0.210. The van der Waals surface area contributed by atoms with E-state index in [1.54, 1.807) is 0 Å². The minimum absolute atomic E-state index is 0.424. The van der Waals surface area contributed by atoms with Crippen LogP contribution in [0.4, 0.5) is 0 Å². The number of benzene rings is 4. The van der Waals surface area contributed by atoms with Crippen LogP contribution >= 0.6 is 16.1 Å². The van der Waals surface area contributed by atoms with Gasteiger partial charge in [-0.3, -0.25) is 4.44 Å². The molecule has 1 aliphatic rings. The first-order valence-corrected chi connectivity index (χ1v) is 15.7. The Morgan fingerprint density at radius 2 is 1.03 bits per heavy atom. The molecule has 0 aromatic heterocycles. The molecule has 1 nitrogen and oxygen atoms in total. The van der Waals surface area contributed by atoms with E-state index in [1.165, 1.54) is 47.4 Å². The standard InChI is InChI=1S/C32H35NP2/c1-2-3-26-33(34(29-20-12-6-13-21-29)30-22-14-7-15-23-30)35-31(27-16-8-4-9-17-27)24-25-32(35)28-18-10-5-11-19-28/h4-23,31-32H,2-3,24-26H2,1H3/t31-,32-/m0/s1. The normalized spacial score (nSPS) is 18.4. The fourth-order valence-electron chi connectivity index (χ4n) is 5.28. The fraction of sp³-hybridized carbons (Fsp3) is 0.250. The Morgan fingerprint density at radius 3 is 1.43 bits per heavy atom. The number of nitrogens with zero attached hydrogens (tertiary/aromatic N) is 1. The Labute approximate surface area is 213 Å². The Morgan fingerprint density at radius 1 is 0.629 bits per heavy atom. The van der Waals surface area contributed by atoms with Crippen LogP contribution < -0.4 is 10.6 Å². The van der Waals surface area contributed by atoms with Crippen molar-refractivity contribution in [3.63, 3.8) is 0 Å². The molecule has 0 amide bonds. The summed E-state index contributed by atoms with van der Waals surface area (Å²) >= 11 is 0. The molecule has 2 atom stereocenters. The molecule has 1 aliphatic heterocycles. The molecule has 0 bridgehead atoms. The van der Waals surface area contributed by atoms with Crippen molar-refractivity contribution in [2.75, 3.05) is 6.54 Å². The molecule has 0 spiro atoms. The zero-order chi connectivity index (χ0) is 23.9. The fourth-order valence-corrected chi connectivity index (χ4v) is 12.8. The van der Waals surface area contributed by atoms with Gasteiger partial charge in [0.25, 0.3) is 0 Å². The highest BCUT2D eigenvalue weighted by atomic mass is 31.2. The molecule has 0 saturated carbocycles. The molecule has 4 aromatic carbocycles. The van der Waals surface area contributed by atoms with Gasteiger partial charge in [-0.2, -0.15) is 0 Å². The van der Waals surface area contributed by atoms with Gasteiger partial charge in [-0.15, -0.1) is 0 Å². The van der Waals surface area contributed by atoms with Gasteiger partial charge in [-0.25, -0.2) is 0 Å². The molecule has 1 heterocycles. The van der Waals surface area contributed by atoms with Crippen molar-refractivity contribution in [2.45, 2.75) is 43.9 Å².